The number of hydrogen-bond acceptors (Lipinski definition) is 4. The lowest BCUT2D eigenvalue weighted by Gasteiger charge is -2.16. The molecule has 0 aromatic carbocycles. The predicted octanol–water partition coefficient (Wildman–Crippen LogP) is 6.85. The van der Waals surface area contributed by atoms with Crippen LogP contribution in [0.5, 0.6) is 5.88 Å². The molecule has 1 aromatic heterocycles. The van der Waals surface area contributed by atoms with E-state index in [1.807, 2.05) is 13.8 Å². The third-order valence-corrected chi connectivity index (χ3v) is 6.67. The van der Waals surface area contributed by atoms with E-state index in [4.69, 9.17) is 0 Å². The Morgan fingerprint density at radius 2 is 1.09 bits per heavy atom. The third-order valence-electron chi connectivity index (χ3n) is 6.67. The molecule has 0 aliphatic rings. The average molecular weight is 467 g/mol. The van der Waals surface area contributed by atoms with Crippen molar-refractivity contribution in [3.05, 3.63) is 16.7 Å². The van der Waals surface area contributed by atoms with Gasteiger partial charge >= 0.3 is 5.69 Å². The molecule has 0 fully saturated rings. The first kappa shape index (κ1) is 29.8. The van der Waals surface area contributed by atoms with Gasteiger partial charge < -0.3 is 5.11 Å². The molecule has 0 radical (unpaired) electrons. The van der Waals surface area contributed by atoms with Crippen LogP contribution in [-0.2, 0) is 0 Å². The molecular weight excluding hydrogens is 412 g/mol. The van der Waals surface area contributed by atoms with Gasteiger partial charge in [0, 0.05) is 0 Å². The molecule has 6 nitrogen and oxygen atoms in total. The molecule has 3 N–H and O–H groups in total. The van der Waals surface area contributed by atoms with Crippen molar-refractivity contribution in [3.8, 4) is 5.88 Å². The number of unbranched alkanes of at least 4 members (excludes halogenated alkanes) is 14. The summed E-state index contributed by atoms with van der Waals surface area (Å²) in [7, 11) is 0. The molecule has 1 aromatic rings. The van der Waals surface area contributed by atoms with Gasteiger partial charge in [0.1, 0.15) is 0 Å². The van der Waals surface area contributed by atoms with E-state index < -0.39 is 0 Å². The first-order valence-corrected chi connectivity index (χ1v) is 14.0. The summed E-state index contributed by atoms with van der Waals surface area (Å²) in [4.78, 5) is 12.9. The summed E-state index contributed by atoms with van der Waals surface area (Å²) in [5.41, 5.74) is -0.167. The fourth-order valence-electron chi connectivity index (χ4n) is 4.44. The highest BCUT2D eigenvalue weighted by atomic mass is 16.3. The lowest BCUT2D eigenvalue weighted by Crippen LogP contribution is -2.37. The van der Waals surface area contributed by atoms with Crippen molar-refractivity contribution in [2.45, 2.75) is 143 Å². The van der Waals surface area contributed by atoms with Crippen molar-refractivity contribution < 1.29 is 5.11 Å². The zero-order chi connectivity index (χ0) is 24.3. The van der Waals surface area contributed by atoms with Crippen LogP contribution in [0.25, 0.3) is 0 Å². The van der Waals surface area contributed by atoms with Crippen LogP contribution in [0.15, 0.2) is 11.0 Å². The van der Waals surface area contributed by atoms with Gasteiger partial charge in [-0.05, 0) is 39.8 Å². The average Bonchev–Trinajstić information content (AvgIpc) is 3.10. The van der Waals surface area contributed by atoms with Crippen LogP contribution in [0.4, 0.5) is 0 Å². The van der Waals surface area contributed by atoms with Gasteiger partial charge in [-0.25, -0.2) is 9.36 Å². The molecule has 0 spiro atoms. The fraction of sp³-hybridized carbons (Fsp3) is 0.889. The minimum atomic E-state index is -0.219. The van der Waals surface area contributed by atoms with Crippen LogP contribution in [0.3, 0.4) is 0 Å². The van der Waals surface area contributed by atoms with Crippen LogP contribution in [0.2, 0.25) is 0 Å². The molecule has 0 saturated carbocycles. The van der Waals surface area contributed by atoms with E-state index in [1.165, 1.54) is 94.5 Å². The van der Waals surface area contributed by atoms with Crippen molar-refractivity contribution in [2.24, 2.45) is 0 Å². The number of nitrogens with zero attached hydrogens (tertiary/aromatic N) is 2. The second-order valence-corrected chi connectivity index (χ2v) is 9.76. The van der Waals surface area contributed by atoms with E-state index in [1.54, 1.807) is 10.8 Å². The van der Waals surface area contributed by atoms with Gasteiger partial charge in [0.05, 0.1) is 18.5 Å². The van der Waals surface area contributed by atoms with Crippen molar-refractivity contribution in [1.29, 1.82) is 0 Å². The minimum Gasteiger partial charge on any atom is -0.493 e. The van der Waals surface area contributed by atoms with Gasteiger partial charge in [0.15, 0.2) is 0 Å². The number of hydrogen-bond donors (Lipinski definition) is 3. The monoisotopic (exact) mass is 466 g/mol. The Balaban J connectivity index is 2.28. The Labute approximate surface area is 203 Å². The highest BCUT2D eigenvalue weighted by Gasteiger charge is 2.18. The zero-order valence-corrected chi connectivity index (χ0v) is 22.2. The zero-order valence-electron chi connectivity index (χ0n) is 22.2. The topological polar surface area (TPSA) is 71.2 Å². The van der Waals surface area contributed by atoms with E-state index in [2.05, 4.69) is 24.5 Å². The Morgan fingerprint density at radius 3 is 1.55 bits per heavy atom. The quantitative estimate of drug-likeness (QED) is 0.163. The predicted molar refractivity (Wildman–Crippen MR) is 141 cm³/mol. The fourth-order valence-corrected chi connectivity index (χ4v) is 4.44. The van der Waals surface area contributed by atoms with Crippen LogP contribution in [0.1, 0.15) is 143 Å². The van der Waals surface area contributed by atoms with E-state index in [0.29, 0.717) is 0 Å². The molecule has 2 atom stereocenters. The SMILES string of the molecule is CCCCCCCCCCNC(C)n1cc(O)n(C(C)NCCCCCCCCCC)c1=O. The normalized spacial score (nSPS) is 13.5. The maximum absolute atomic E-state index is 12.9. The maximum atomic E-state index is 12.9. The summed E-state index contributed by atoms with van der Waals surface area (Å²) in [6.07, 6.45) is 21.8. The third kappa shape index (κ3) is 12.7. The molecule has 0 aliphatic carbocycles. The number of aromatic nitrogens is 2. The van der Waals surface area contributed by atoms with Crippen molar-refractivity contribution in [3.63, 3.8) is 0 Å². The lowest BCUT2D eigenvalue weighted by molar-refractivity contribution is 0.344. The van der Waals surface area contributed by atoms with Crippen LogP contribution < -0.4 is 16.3 Å². The summed E-state index contributed by atoms with van der Waals surface area (Å²) in [5.74, 6) is 0.0247. The summed E-state index contributed by atoms with van der Waals surface area (Å²) < 4.78 is 3.06. The molecule has 194 valence electrons. The number of aromatic hydroxyl groups is 1. The van der Waals surface area contributed by atoms with Gasteiger partial charge in [-0.2, -0.15) is 0 Å². The number of imidazole rings is 1. The Morgan fingerprint density at radius 1 is 0.697 bits per heavy atom. The largest absolute Gasteiger partial charge is 0.493 e. The minimum absolute atomic E-state index is 0.0247. The smallest absolute Gasteiger partial charge is 0.333 e. The summed E-state index contributed by atoms with van der Waals surface area (Å²) >= 11 is 0. The molecule has 0 amide bonds. The van der Waals surface area contributed by atoms with Crippen LogP contribution in [0, 0.1) is 0 Å². The molecule has 0 saturated heterocycles. The van der Waals surface area contributed by atoms with E-state index >= 15 is 0 Å². The highest BCUT2D eigenvalue weighted by molar-refractivity contribution is 5.07. The van der Waals surface area contributed by atoms with E-state index in [-0.39, 0.29) is 23.9 Å². The van der Waals surface area contributed by atoms with Crippen molar-refractivity contribution in [1.82, 2.24) is 19.8 Å². The molecule has 1 heterocycles. The Bertz CT molecular complexity index is 641. The van der Waals surface area contributed by atoms with Crippen molar-refractivity contribution >= 4 is 0 Å². The van der Waals surface area contributed by atoms with E-state index in [9.17, 15) is 9.90 Å². The summed E-state index contributed by atoms with van der Waals surface area (Å²) in [6, 6.07) is 0. The molecule has 0 bridgehead atoms. The molecule has 33 heavy (non-hydrogen) atoms. The first-order chi connectivity index (χ1) is 16.0. The number of nitrogens with one attached hydrogen (secondary N) is 2. The Kier molecular flexibility index (Phi) is 17.2. The van der Waals surface area contributed by atoms with Gasteiger partial charge in [-0.1, -0.05) is 104 Å². The van der Waals surface area contributed by atoms with Gasteiger partial charge in [-0.3, -0.25) is 15.2 Å². The summed E-state index contributed by atoms with van der Waals surface area (Å²) in [6.45, 7) is 10.2. The maximum Gasteiger partial charge on any atom is 0.333 e. The number of rotatable bonds is 22. The molecule has 0 aliphatic heterocycles. The molecule has 2 unspecified atom stereocenters. The lowest BCUT2D eigenvalue weighted by atomic mass is 10.1. The molecular formula is C27H54N4O2. The van der Waals surface area contributed by atoms with Crippen LogP contribution >= 0.6 is 0 Å². The second-order valence-electron chi connectivity index (χ2n) is 9.76. The Hall–Kier alpha value is -1.27. The second kappa shape index (κ2) is 19.1. The van der Waals surface area contributed by atoms with Crippen LogP contribution in [-0.4, -0.2) is 27.3 Å². The highest BCUT2D eigenvalue weighted by Crippen LogP contribution is 2.15. The molecule has 1 rings (SSSR count). The van der Waals surface area contributed by atoms with Crippen molar-refractivity contribution in [2.75, 3.05) is 13.1 Å². The van der Waals surface area contributed by atoms with Gasteiger partial charge in [0.2, 0.25) is 5.88 Å². The molecule has 6 heteroatoms. The first-order valence-electron chi connectivity index (χ1n) is 14.0. The standard InChI is InChI=1S/C27H54N4O2/c1-5-7-9-11-13-15-17-19-21-28-24(3)30-23-26(32)31(27(30)33)25(4)29-22-20-18-16-14-12-10-8-6-2/h23-25,28-29,32H,5-22H2,1-4H3. The van der Waals surface area contributed by atoms with Gasteiger partial charge in [0.25, 0.3) is 0 Å². The van der Waals surface area contributed by atoms with Gasteiger partial charge in [-0.15, -0.1) is 0 Å². The van der Waals surface area contributed by atoms with E-state index in [0.717, 1.165) is 25.9 Å². The summed E-state index contributed by atoms with van der Waals surface area (Å²) in [5, 5.41) is 17.2.